The molecular formula is C15H27Cl2N3O2. The molecule has 1 rings (SSSR count). The van der Waals surface area contributed by atoms with Crippen molar-refractivity contribution < 1.29 is 9.53 Å². The summed E-state index contributed by atoms with van der Waals surface area (Å²) in [6.07, 6.45) is 0. The van der Waals surface area contributed by atoms with Gasteiger partial charge in [0.1, 0.15) is 12.4 Å². The van der Waals surface area contributed by atoms with Crippen molar-refractivity contribution in [3.63, 3.8) is 0 Å². The van der Waals surface area contributed by atoms with Crippen molar-refractivity contribution in [2.24, 2.45) is 5.73 Å². The number of nitrogens with one attached hydrogen (secondary N) is 1. The molecule has 0 saturated carbocycles. The van der Waals surface area contributed by atoms with Gasteiger partial charge in [0.2, 0.25) is 5.91 Å². The molecule has 0 bridgehead atoms. The van der Waals surface area contributed by atoms with Gasteiger partial charge in [-0.3, -0.25) is 4.79 Å². The normalized spacial score (nSPS) is 11.1. The summed E-state index contributed by atoms with van der Waals surface area (Å²) in [5.41, 5.74) is 6.22. The molecular weight excluding hydrogens is 325 g/mol. The third-order valence-electron chi connectivity index (χ3n) is 3.11. The number of carbonyl (C=O) groups excluding carboxylic acids is 1. The first-order valence-electron chi connectivity index (χ1n) is 7.08. The highest BCUT2D eigenvalue weighted by Crippen LogP contribution is 2.15. The van der Waals surface area contributed by atoms with Crippen molar-refractivity contribution >= 4 is 36.4 Å². The third kappa shape index (κ3) is 8.44. The Morgan fingerprint density at radius 3 is 2.23 bits per heavy atom. The fourth-order valence-corrected chi connectivity index (χ4v) is 1.72. The van der Waals surface area contributed by atoms with Gasteiger partial charge in [-0.2, -0.15) is 0 Å². The van der Waals surface area contributed by atoms with Crippen LogP contribution in [-0.2, 0) is 4.79 Å². The Hall–Kier alpha value is -1.01. The SMILES string of the molecule is CCN(CC)CCOc1ccc(NC(=O)[C@@H](C)N)cc1.Cl.Cl. The van der Waals surface area contributed by atoms with E-state index in [0.717, 1.165) is 31.1 Å². The quantitative estimate of drug-likeness (QED) is 0.755. The number of ether oxygens (including phenoxy) is 1. The fourth-order valence-electron chi connectivity index (χ4n) is 1.72. The highest BCUT2D eigenvalue weighted by atomic mass is 35.5. The van der Waals surface area contributed by atoms with Crippen LogP contribution in [0.3, 0.4) is 0 Å². The minimum atomic E-state index is -0.514. The van der Waals surface area contributed by atoms with Crippen LogP contribution in [0, 0.1) is 0 Å². The Morgan fingerprint density at radius 2 is 1.77 bits per heavy atom. The van der Waals surface area contributed by atoms with Crippen molar-refractivity contribution in [3.8, 4) is 5.75 Å². The Bertz CT molecular complexity index is 410. The number of likely N-dealkylation sites (N-methyl/N-ethyl adjacent to an activating group) is 1. The van der Waals surface area contributed by atoms with Gasteiger partial charge in [0, 0.05) is 12.2 Å². The average Bonchev–Trinajstić information content (AvgIpc) is 2.45. The van der Waals surface area contributed by atoms with Gasteiger partial charge >= 0.3 is 0 Å². The summed E-state index contributed by atoms with van der Waals surface area (Å²) in [5, 5.41) is 2.73. The average molecular weight is 352 g/mol. The van der Waals surface area contributed by atoms with E-state index in [1.807, 2.05) is 24.3 Å². The lowest BCUT2D eigenvalue weighted by Crippen LogP contribution is -2.32. The first-order valence-corrected chi connectivity index (χ1v) is 7.08. The van der Waals surface area contributed by atoms with Crippen LogP contribution < -0.4 is 15.8 Å². The van der Waals surface area contributed by atoms with E-state index in [1.165, 1.54) is 0 Å². The maximum Gasteiger partial charge on any atom is 0.240 e. The van der Waals surface area contributed by atoms with Gasteiger partial charge in [0.05, 0.1) is 6.04 Å². The number of nitrogens with zero attached hydrogens (tertiary/aromatic N) is 1. The summed E-state index contributed by atoms with van der Waals surface area (Å²) in [4.78, 5) is 13.7. The molecule has 3 N–H and O–H groups in total. The van der Waals surface area contributed by atoms with Gasteiger partial charge in [0.25, 0.3) is 0 Å². The van der Waals surface area contributed by atoms with Crippen LogP contribution in [0.2, 0.25) is 0 Å². The maximum absolute atomic E-state index is 11.4. The molecule has 22 heavy (non-hydrogen) atoms. The zero-order chi connectivity index (χ0) is 15.0. The maximum atomic E-state index is 11.4. The van der Waals surface area contributed by atoms with E-state index in [-0.39, 0.29) is 30.7 Å². The molecule has 128 valence electrons. The molecule has 0 aliphatic rings. The smallest absolute Gasteiger partial charge is 0.240 e. The van der Waals surface area contributed by atoms with Crippen LogP contribution in [0.1, 0.15) is 20.8 Å². The zero-order valence-corrected chi connectivity index (χ0v) is 15.0. The number of benzene rings is 1. The molecule has 1 amide bonds. The number of anilines is 1. The molecule has 0 spiro atoms. The number of hydrogen-bond acceptors (Lipinski definition) is 4. The van der Waals surface area contributed by atoms with Crippen LogP contribution in [0.15, 0.2) is 24.3 Å². The number of nitrogens with two attached hydrogens (primary N) is 1. The van der Waals surface area contributed by atoms with Crippen molar-refractivity contribution in [1.29, 1.82) is 0 Å². The number of carbonyl (C=O) groups is 1. The number of hydrogen-bond donors (Lipinski definition) is 2. The molecule has 0 aliphatic heterocycles. The summed E-state index contributed by atoms with van der Waals surface area (Å²) in [7, 11) is 0. The van der Waals surface area contributed by atoms with Crippen LogP contribution in [0.4, 0.5) is 5.69 Å². The standard InChI is InChI=1S/C15H25N3O2.2ClH/c1-4-18(5-2)10-11-20-14-8-6-13(7-9-14)17-15(19)12(3)16;;/h6-9,12H,4-5,10-11,16H2,1-3H3,(H,17,19);2*1H/t12-;;/m1../s1. The summed E-state index contributed by atoms with van der Waals surface area (Å²) < 4.78 is 5.67. The minimum Gasteiger partial charge on any atom is -0.492 e. The lowest BCUT2D eigenvalue weighted by molar-refractivity contribution is -0.117. The second-order valence-corrected chi connectivity index (χ2v) is 4.68. The highest BCUT2D eigenvalue weighted by molar-refractivity contribution is 5.94. The molecule has 0 heterocycles. The van der Waals surface area contributed by atoms with Gasteiger partial charge in [0.15, 0.2) is 0 Å². The Morgan fingerprint density at radius 1 is 1.23 bits per heavy atom. The number of rotatable bonds is 8. The Labute approximate surface area is 145 Å². The van der Waals surface area contributed by atoms with Gasteiger partial charge < -0.3 is 20.7 Å². The molecule has 1 aromatic rings. The molecule has 0 unspecified atom stereocenters. The number of halogens is 2. The van der Waals surface area contributed by atoms with E-state index in [2.05, 4.69) is 24.1 Å². The molecule has 7 heteroatoms. The van der Waals surface area contributed by atoms with Crippen molar-refractivity contribution in [2.75, 3.05) is 31.6 Å². The second-order valence-electron chi connectivity index (χ2n) is 4.68. The Balaban J connectivity index is 0. The Kier molecular flexibility index (Phi) is 13.2. The molecule has 0 aliphatic carbocycles. The first-order chi connectivity index (χ1) is 9.56. The van der Waals surface area contributed by atoms with E-state index < -0.39 is 6.04 Å². The fraction of sp³-hybridized carbons (Fsp3) is 0.533. The first kappa shape index (κ1) is 23.3. The highest BCUT2D eigenvalue weighted by Gasteiger charge is 2.07. The minimum absolute atomic E-state index is 0. The van der Waals surface area contributed by atoms with Crippen molar-refractivity contribution in [1.82, 2.24) is 4.90 Å². The summed E-state index contributed by atoms with van der Waals surface area (Å²) >= 11 is 0. The molecule has 0 saturated heterocycles. The molecule has 0 aromatic heterocycles. The molecule has 0 radical (unpaired) electrons. The van der Waals surface area contributed by atoms with Gasteiger partial charge in [-0.15, -0.1) is 24.8 Å². The third-order valence-corrected chi connectivity index (χ3v) is 3.11. The van der Waals surface area contributed by atoms with Crippen molar-refractivity contribution in [3.05, 3.63) is 24.3 Å². The largest absolute Gasteiger partial charge is 0.492 e. The predicted octanol–water partition coefficient (Wildman–Crippen LogP) is 2.54. The molecule has 0 fully saturated rings. The van der Waals surface area contributed by atoms with E-state index in [0.29, 0.717) is 6.61 Å². The van der Waals surface area contributed by atoms with Crippen LogP contribution in [0.5, 0.6) is 5.75 Å². The number of amides is 1. The van der Waals surface area contributed by atoms with E-state index in [9.17, 15) is 4.79 Å². The summed E-state index contributed by atoms with van der Waals surface area (Å²) in [6.45, 7) is 9.56. The zero-order valence-electron chi connectivity index (χ0n) is 13.4. The van der Waals surface area contributed by atoms with Gasteiger partial charge in [-0.25, -0.2) is 0 Å². The summed E-state index contributed by atoms with van der Waals surface area (Å²) in [5.74, 6) is 0.608. The van der Waals surface area contributed by atoms with Gasteiger partial charge in [-0.05, 0) is 44.3 Å². The predicted molar refractivity (Wildman–Crippen MR) is 96.5 cm³/mol. The van der Waals surface area contributed by atoms with E-state index in [1.54, 1.807) is 6.92 Å². The van der Waals surface area contributed by atoms with Crippen LogP contribution >= 0.6 is 24.8 Å². The topological polar surface area (TPSA) is 67.6 Å². The van der Waals surface area contributed by atoms with Crippen LogP contribution in [-0.4, -0.2) is 43.1 Å². The van der Waals surface area contributed by atoms with Crippen LogP contribution in [0.25, 0.3) is 0 Å². The van der Waals surface area contributed by atoms with E-state index >= 15 is 0 Å². The lowest BCUT2D eigenvalue weighted by atomic mass is 10.2. The lowest BCUT2D eigenvalue weighted by Gasteiger charge is -2.18. The summed E-state index contributed by atoms with van der Waals surface area (Å²) in [6, 6.07) is 6.80. The second kappa shape index (κ2) is 12.5. The van der Waals surface area contributed by atoms with Gasteiger partial charge in [-0.1, -0.05) is 13.8 Å². The molecule has 1 atom stereocenters. The molecule has 1 aromatic carbocycles. The van der Waals surface area contributed by atoms with E-state index in [4.69, 9.17) is 10.5 Å². The van der Waals surface area contributed by atoms with Crippen molar-refractivity contribution in [2.45, 2.75) is 26.8 Å². The monoisotopic (exact) mass is 351 g/mol. The molecule has 5 nitrogen and oxygen atoms in total.